The first-order valence-corrected chi connectivity index (χ1v) is 8.83. The summed E-state index contributed by atoms with van der Waals surface area (Å²) in [4.78, 5) is 14.4. The van der Waals surface area contributed by atoms with Gasteiger partial charge in [-0.05, 0) is 37.1 Å². The lowest BCUT2D eigenvalue weighted by Crippen LogP contribution is -2.43. The molecular weight excluding hydrogens is 330 g/mol. The Labute approximate surface area is 147 Å². The Morgan fingerprint density at radius 1 is 1.38 bits per heavy atom. The Kier molecular flexibility index (Phi) is 5.81. The van der Waals surface area contributed by atoms with Crippen LogP contribution in [0.2, 0.25) is 5.02 Å². The van der Waals surface area contributed by atoms with Gasteiger partial charge in [0.15, 0.2) is 11.5 Å². The SMILES string of the molecule is NCCNC(=O)C1CCCN(Cc2cc(Cl)c3c(c2)OCCO3)C1. The van der Waals surface area contributed by atoms with Crippen LogP contribution in [0.5, 0.6) is 11.5 Å². The normalized spacial score (nSPS) is 20.7. The summed E-state index contributed by atoms with van der Waals surface area (Å²) in [5, 5.41) is 3.47. The van der Waals surface area contributed by atoms with E-state index in [2.05, 4.69) is 10.2 Å². The number of piperidine rings is 1. The van der Waals surface area contributed by atoms with Crippen molar-refractivity contribution in [2.75, 3.05) is 39.4 Å². The number of carbonyl (C=O) groups excluding carboxylic acids is 1. The second-order valence-corrected chi connectivity index (χ2v) is 6.66. The lowest BCUT2D eigenvalue weighted by Gasteiger charge is -2.32. The van der Waals surface area contributed by atoms with E-state index in [0.717, 1.165) is 38.0 Å². The zero-order chi connectivity index (χ0) is 16.9. The molecule has 132 valence electrons. The number of nitrogens with zero attached hydrogens (tertiary/aromatic N) is 1. The van der Waals surface area contributed by atoms with Crippen LogP contribution in [-0.4, -0.2) is 50.2 Å². The first kappa shape index (κ1) is 17.3. The molecule has 2 aliphatic heterocycles. The molecule has 6 nitrogen and oxygen atoms in total. The predicted octanol–water partition coefficient (Wildman–Crippen LogP) is 1.40. The van der Waals surface area contributed by atoms with Crippen LogP contribution in [0.1, 0.15) is 18.4 Å². The molecule has 0 saturated carbocycles. The maximum Gasteiger partial charge on any atom is 0.224 e. The van der Waals surface area contributed by atoms with Crippen molar-refractivity contribution in [3.8, 4) is 11.5 Å². The van der Waals surface area contributed by atoms with E-state index in [4.69, 9.17) is 26.8 Å². The quantitative estimate of drug-likeness (QED) is 0.836. The van der Waals surface area contributed by atoms with Gasteiger partial charge in [0.05, 0.1) is 10.9 Å². The van der Waals surface area contributed by atoms with Gasteiger partial charge in [0.25, 0.3) is 0 Å². The summed E-state index contributed by atoms with van der Waals surface area (Å²) >= 11 is 6.30. The van der Waals surface area contributed by atoms with E-state index in [9.17, 15) is 4.79 Å². The highest BCUT2D eigenvalue weighted by atomic mass is 35.5. The first-order chi connectivity index (χ1) is 11.7. The lowest BCUT2D eigenvalue weighted by molar-refractivity contribution is -0.126. The van der Waals surface area contributed by atoms with Gasteiger partial charge in [-0.15, -0.1) is 0 Å². The van der Waals surface area contributed by atoms with Crippen molar-refractivity contribution in [1.82, 2.24) is 10.2 Å². The van der Waals surface area contributed by atoms with Crippen molar-refractivity contribution in [3.05, 3.63) is 22.7 Å². The highest BCUT2D eigenvalue weighted by Gasteiger charge is 2.26. The molecule has 2 heterocycles. The fourth-order valence-corrected chi connectivity index (χ4v) is 3.55. The molecule has 1 fully saturated rings. The maximum absolute atomic E-state index is 12.1. The standard InChI is InChI=1S/C17H24ClN3O3/c18-14-8-12(9-15-16(14)24-7-6-23-15)10-21-5-1-2-13(11-21)17(22)20-4-3-19/h8-9,13H,1-7,10-11,19H2,(H,20,22). The van der Waals surface area contributed by atoms with Crippen molar-refractivity contribution >= 4 is 17.5 Å². The molecule has 3 rings (SSSR count). The Bertz CT molecular complexity index is 597. The van der Waals surface area contributed by atoms with Crippen molar-refractivity contribution in [2.45, 2.75) is 19.4 Å². The molecule has 7 heteroatoms. The number of likely N-dealkylation sites (tertiary alicyclic amines) is 1. The van der Waals surface area contributed by atoms with Crippen LogP contribution in [0.25, 0.3) is 0 Å². The van der Waals surface area contributed by atoms with E-state index >= 15 is 0 Å². The topological polar surface area (TPSA) is 76.8 Å². The van der Waals surface area contributed by atoms with Gasteiger partial charge in [-0.2, -0.15) is 0 Å². The highest BCUT2D eigenvalue weighted by Crippen LogP contribution is 2.38. The molecule has 2 aliphatic rings. The zero-order valence-corrected chi connectivity index (χ0v) is 14.5. The number of halogens is 1. The van der Waals surface area contributed by atoms with Gasteiger partial charge in [-0.1, -0.05) is 11.6 Å². The molecule has 0 bridgehead atoms. The number of nitrogens with two attached hydrogens (primary N) is 1. The summed E-state index contributed by atoms with van der Waals surface area (Å²) in [7, 11) is 0. The van der Waals surface area contributed by atoms with E-state index in [1.807, 2.05) is 12.1 Å². The predicted molar refractivity (Wildman–Crippen MR) is 92.5 cm³/mol. The van der Waals surface area contributed by atoms with Gasteiger partial charge in [0.1, 0.15) is 13.2 Å². The van der Waals surface area contributed by atoms with Crippen LogP contribution in [0.15, 0.2) is 12.1 Å². The first-order valence-electron chi connectivity index (χ1n) is 8.45. The summed E-state index contributed by atoms with van der Waals surface area (Å²) in [6.07, 6.45) is 1.94. The minimum Gasteiger partial charge on any atom is -0.486 e. The van der Waals surface area contributed by atoms with Crippen molar-refractivity contribution in [2.24, 2.45) is 11.7 Å². The molecule has 0 aliphatic carbocycles. The molecular formula is C17H24ClN3O3. The van der Waals surface area contributed by atoms with Gasteiger partial charge < -0.3 is 20.5 Å². The fraction of sp³-hybridized carbons (Fsp3) is 0.588. The molecule has 3 N–H and O–H groups in total. The molecule has 24 heavy (non-hydrogen) atoms. The monoisotopic (exact) mass is 353 g/mol. The molecule has 1 aromatic carbocycles. The van der Waals surface area contributed by atoms with Gasteiger partial charge in [0, 0.05) is 26.2 Å². The highest BCUT2D eigenvalue weighted by molar-refractivity contribution is 6.32. The number of nitrogens with one attached hydrogen (secondary N) is 1. The second kappa shape index (κ2) is 8.05. The minimum absolute atomic E-state index is 0.0259. The summed E-state index contributed by atoms with van der Waals surface area (Å²) < 4.78 is 11.2. The summed E-state index contributed by atoms with van der Waals surface area (Å²) in [5.41, 5.74) is 6.52. The van der Waals surface area contributed by atoms with Crippen LogP contribution in [0, 0.1) is 5.92 Å². The molecule has 1 aromatic rings. The largest absolute Gasteiger partial charge is 0.486 e. The van der Waals surface area contributed by atoms with E-state index in [-0.39, 0.29) is 11.8 Å². The number of carbonyl (C=O) groups is 1. The molecule has 0 radical (unpaired) electrons. The number of rotatable bonds is 5. The van der Waals surface area contributed by atoms with Gasteiger partial charge in [-0.3, -0.25) is 9.69 Å². The Hall–Kier alpha value is -1.50. The molecule has 1 amide bonds. The van der Waals surface area contributed by atoms with Crippen LogP contribution >= 0.6 is 11.6 Å². The lowest BCUT2D eigenvalue weighted by atomic mass is 9.96. The molecule has 0 spiro atoms. The average molecular weight is 354 g/mol. The maximum atomic E-state index is 12.1. The Morgan fingerprint density at radius 3 is 3.04 bits per heavy atom. The van der Waals surface area contributed by atoms with Crippen LogP contribution in [0.4, 0.5) is 0 Å². The third-order valence-corrected chi connectivity index (χ3v) is 4.66. The van der Waals surface area contributed by atoms with Crippen molar-refractivity contribution in [1.29, 1.82) is 0 Å². The number of amides is 1. The Morgan fingerprint density at radius 2 is 2.21 bits per heavy atom. The summed E-state index contributed by atoms with van der Waals surface area (Å²) in [6, 6.07) is 3.91. The average Bonchev–Trinajstić information content (AvgIpc) is 2.60. The molecule has 1 atom stereocenters. The summed E-state index contributed by atoms with van der Waals surface area (Å²) in [5.74, 6) is 1.46. The Balaban J connectivity index is 1.63. The van der Waals surface area contributed by atoms with Crippen molar-refractivity contribution < 1.29 is 14.3 Å². The van der Waals surface area contributed by atoms with Gasteiger partial charge >= 0.3 is 0 Å². The minimum atomic E-state index is 0.0259. The van der Waals surface area contributed by atoms with Crippen LogP contribution in [0.3, 0.4) is 0 Å². The van der Waals surface area contributed by atoms with E-state index < -0.39 is 0 Å². The fourth-order valence-electron chi connectivity index (χ4n) is 3.27. The van der Waals surface area contributed by atoms with Crippen molar-refractivity contribution in [3.63, 3.8) is 0 Å². The number of hydrogen-bond donors (Lipinski definition) is 2. The number of benzene rings is 1. The van der Waals surface area contributed by atoms with Crippen LogP contribution in [-0.2, 0) is 11.3 Å². The second-order valence-electron chi connectivity index (χ2n) is 6.26. The van der Waals surface area contributed by atoms with Crippen LogP contribution < -0.4 is 20.5 Å². The zero-order valence-electron chi connectivity index (χ0n) is 13.7. The molecule has 1 unspecified atom stereocenters. The molecule has 1 saturated heterocycles. The third-order valence-electron chi connectivity index (χ3n) is 4.38. The van der Waals surface area contributed by atoms with Gasteiger partial charge in [0.2, 0.25) is 5.91 Å². The van der Waals surface area contributed by atoms with E-state index in [1.165, 1.54) is 0 Å². The summed E-state index contributed by atoms with van der Waals surface area (Å²) in [6.45, 7) is 4.55. The number of ether oxygens (including phenoxy) is 2. The smallest absolute Gasteiger partial charge is 0.224 e. The van der Waals surface area contributed by atoms with E-state index in [1.54, 1.807) is 0 Å². The van der Waals surface area contributed by atoms with E-state index in [0.29, 0.717) is 42.8 Å². The number of hydrogen-bond acceptors (Lipinski definition) is 5. The molecule has 0 aromatic heterocycles. The number of fused-ring (bicyclic) bond motifs is 1. The van der Waals surface area contributed by atoms with Gasteiger partial charge in [-0.25, -0.2) is 0 Å². The third kappa shape index (κ3) is 4.12.